The molecule has 0 N–H and O–H groups in total. The van der Waals surface area contributed by atoms with Gasteiger partial charge in [-0.25, -0.2) is 0 Å². The van der Waals surface area contributed by atoms with Crippen molar-refractivity contribution in [2.24, 2.45) is 0 Å². The average Bonchev–Trinajstić information content (AvgIpc) is 3.81. The van der Waals surface area contributed by atoms with Crippen molar-refractivity contribution in [2.45, 2.75) is 0 Å². The second kappa shape index (κ2) is 13.1. The molecule has 2 aromatic heterocycles. The lowest BCUT2D eigenvalue weighted by Gasteiger charge is -2.29. The van der Waals surface area contributed by atoms with E-state index in [1.165, 1.54) is 27.2 Å². The van der Waals surface area contributed by atoms with Crippen molar-refractivity contribution in [3.8, 4) is 5.69 Å². The van der Waals surface area contributed by atoms with Gasteiger partial charge in [0.15, 0.2) is 0 Å². The van der Waals surface area contributed by atoms with Gasteiger partial charge >= 0.3 is 0 Å². The maximum atomic E-state index is 6.28. The Hall–Kier alpha value is -7.56. The van der Waals surface area contributed by atoms with Crippen LogP contribution < -0.4 is 9.80 Å². The zero-order valence-corrected chi connectivity index (χ0v) is 30.5. The summed E-state index contributed by atoms with van der Waals surface area (Å²) in [4.78, 5) is 4.71. The van der Waals surface area contributed by atoms with Crippen molar-refractivity contribution < 1.29 is 4.42 Å². The van der Waals surface area contributed by atoms with Crippen LogP contribution in [0.15, 0.2) is 217 Å². The summed E-state index contributed by atoms with van der Waals surface area (Å²) in [6.07, 6.45) is 0. The number of furan rings is 1. The first-order valence-electron chi connectivity index (χ1n) is 19.0. The van der Waals surface area contributed by atoms with Crippen LogP contribution in [0, 0.1) is 0 Å². The summed E-state index contributed by atoms with van der Waals surface area (Å²) in [6, 6.07) is 75.7. The van der Waals surface area contributed by atoms with Gasteiger partial charge < -0.3 is 18.8 Å². The normalized spacial score (nSPS) is 11.6. The van der Waals surface area contributed by atoms with Crippen LogP contribution in [0.3, 0.4) is 0 Å². The molecule has 0 saturated heterocycles. The van der Waals surface area contributed by atoms with Gasteiger partial charge in [-0.1, -0.05) is 109 Å². The third-order valence-corrected chi connectivity index (χ3v) is 10.9. The first-order chi connectivity index (χ1) is 27.8. The van der Waals surface area contributed by atoms with Crippen LogP contribution in [0.2, 0.25) is 0 Å². The second-order valence-corrected chi connectivity index (χ2v) is 14.2. The van der Waals surface area contributed by atoms with E-state index < -0.39 is 0 Å². The minimum absolute atomic E-state index is 0.901. The third kappa shape index (κ3) is 5.23. The summed E-state index contributed by atoms with van der Waals surface area (Å²) in [5.41, 5.74) is 11.8. The predicted octanol–water partition coefficient (Wildman–Crippen LogP) is 14.8. The average molecular weight is 718 g/mol. The number of para-hydroxylation sites is 5. The molecule has 0 aliphatic heterocycles. The molecule has 0 bridgehead atoms. The second-order valence-electron chi connectivity index (χ2n) is 14.2. The monoisotopic (exact) mass is 717 g/mol. The Labute approximate surface area is 324 Å². The van der Waals surface area contributed by atoms with Crippen molar-refractivity contribution in [3.63, 3.8) is 0 Å². The Morgan fingerprint density at radius 3 is 1.62 bits per heavy atom. The molecule has 56 heavy (non-hydrogen) atoms. The lowest BCUT2D eigenvalue weighted by atomic mass is 10.0. The number of fused-ring (bicyclic) bond motifs is 8. The van der Waals surface area contributed by atoms with E-state index >= 15 is 0 Å². The molecule has 9 aromatic carbocycles. The van der Waals surface area contributed by atoms with Crippen LogP contribution >= 0.6 is 0 Å². The van der Waals surface area contributed by atoms with Gasteiger partial charge in [0.05, 0.1) is 11.0 Å². The number of nitrogens with zero attached hydrogens (tertiary/aromatic N) is 3. The van der Waals surface area contributed by atoms with Crippen LogP contribution in [0.1, 0.15) is 0 Å². The highest BCUT2D eigenvalue weighted by Crippen LogP contribution is 2.44. The van der Waals surface area contributed by atoms with Crippen LogP contribution in [0.5, 0.6) is 0 Å². The smallest absolute Gasteiger partial charge is 0.136 e. The molecular weight excluding hydrogens is 683 g/mol. The minimum Gasteiger partial charge on any atom is -0.456 e. The maximum absolute atomic E-state index is 6.28. The molecule has 264 valence electrons. The van der Waals surface area contributed by atoms with Crippen LogP contribution in [-0.4, -0.2) is 4.57 Å². The molecule has 11 rings (SSSR count). The topological polar surface area (TPSA) is 24.6 Å². The largest absolute Gasteiger partial charge is 0.456 e. The predicted molar refractivity (Wildman–Crippen MR) is 235 cm³/mol. The molecule has 0 amide bonds. The van der Waals surface area contributed by atoms with E-state index in [2.05, 4.69) is 215 Å². The summed E-state index contributed by atoms with van der Waals surface area (Å²) in [7, 11) is 0. The van der Waals surface area contributed by atoms with Gasteiger partial charge in [0, 0.05) is 61.4 Å². The van der Waals surface area contributed by atoms with Gasteiger partial charge in [0.1, 0.15) is 11.2 Å². The fourth-order valence-electron chi connectivity index (χ4n) is 8.45. The maximum Gasteiger partial charge on any atom is 0.136 e. The van der Waals surface area contributed by atoms with E-state index in [4.69, 9.17) is 4.42 Å². The Bertz CT molecular complexity index is 3160. The Kier molecular flexibility index (Phi) is 7.46. The fraction of sp³-hybridized carbons (Fsp3) is 0. The van der Waals surface area contributed by atoms with Crippen LogP contribution in [0.25, 0.3) is 60.2 Å². The minimum atomic E-state index is 0.901. The number of rotatable bonds is 7. The van der Waals surface area contributed by atoms with Crippen LogP contribution in [0.4, 0.5) is 34.1 Å². The van der Waals surface area contributed by atoms with Gasteiger partial charge in [-0.2, -0.15) is 0 Å². The fourth-order valence-corrected chi connectivity index (χ4v) is 8.45. The highest BCUT2D eigenvalue weighted by atomic mass is 16.3. The van der Waals surface area contributed by atoms with Crippen molar-refractivity contribution in [2.75, 3.05) is 9.80 Å². The van der Waals surface area contributed by atoms with E-state index in [0.29, 0.717) is 0 Å². The molecule has 0 aliphatic rings. The number of hydrogen-bond donors (Lipinski definition) is 0. The van der Waals surface area contributed by atoms with E-state index in [9.17, 15) is 0 Å². The first-order valence-corrected chi connectivity index (χ1v) is 19.0. The molecule has 0 radical (unpaired) electrons. The summed E-state index contributed by atoms with van der Waals surface area (Å²) in [5, 5.41) is 7.02. The molecular formula is C52H35N3O. The molecule has 0 spiro atoms. The molecule has 0 fully saturated rings. The van der Waals surface area contributed by atoms with Gasteiger partial charge in [-0.15, -0.1) is 0 Å². The Balaban J connectivity index is 1.14. The summed E-state index contributed by atoms with van der Waals surface area (Å²) < 4.78 is 8.65. The lowest BCUT2D eigenvalue weighted by Crippen LogP contribution is -2.13. The molecule has 2 heterocycles. The molecule has 0 saturated carbocycles. The third-order valence-electron chi connectivity index (χ3n) is 10.9. The van der Waals surface area contributed by atoms with Gasteiger partial charge in [-0.05, 0) is 114 Å². The molecule has 0 unspecified atom stereocenters. The molecule has 0 atom stereocenters. The van der Waals surface area contributed by atoms with Crippen molar-refractivity contribution in [1.82, 2.24) is 4.57 Å². The molecule has 0 aliphatic carbocycles. The number of hydrogen-bond acceptors (Lipinski definition) is 3. The summed E-state index contributed by atoms with van der Waals surface area (Å²) in [6.45, 7) is 0. The molecule has 11 aromatic rings. The molecule has 4 heteroatoms. The summed E-state index contributed by atoms with van der Waals surface area (Å²) >= 11 is 0. The van der Waals surface area contributed by atoms with Crippen molar-refractivity contribution in [1.29, 1.82) is 0 Å². The number of anilines is 6. The first kappa shape index (κ1) is 31.9. The zero-order chi connectivity index (χ0) is 37.0. The standard InChI is InChI=1S/C52H35N3O/c1-4-15-37(16-5-1)53(38-17-6-2-7-18-38)40-21-14-22-41(34-40)54(42-28-30-44-36(33-42)27-32-51-52(44)46-24-11-13-26-50(46)56-51)43-29-31-49-47(35-43)45-23-10-12-25-48(45)55(49)39-19-8-3-9-20-39/h1-35H. The quantitative estimate of drug-likeness (QED) is 0.164. The van der Waals surface area contributed by atoms with Crippen molar-refractivity contribution in [3.05, 3.63) is 212 Å². The number of benzene rings is 9. The SMILES string of the molecule is c1ccc(N(c2ccccc2)c2cccc(N(c3ccc4c(ccc5oc6ccccc6c54)c3)c3ccc4c(c3)c3ccccc3n4-c3ccccc3)c2)cc1. The van der Waals surface area contributed by atoms with Gasteiger partial charge in [0.25, 0.3) is 0 Å². The van der Waals surface area contributed by atoms with E-state index in [-0.39, 0.29) is 0 Å². The number of aromatic nitrogens is 1. The van der Waals surface area contributed by atoms with E-state index in [0.717, 1.165) is 67.1 Å². The zero-order valence-electron chi connectivity index (χ0n) is 30.5. The van der Waals surface area contributed by atoms with E-state index in [1.807, 2.05) is 12.1 Å². The highest BCUT2D eigenvalue weighted by molar-refractivity contribution is 6.19. The van der Waals surface area contributed by atoms with Gasteiger partial charge in [0.2, 0.25) is 0 Å². The van der Waals surface area contributed by atoms with Crippen molar-refractivity contribution >= 4 is 88.6 Å². The van der Waals surface area contributed by atoms with Gasteiger partial charge in [-0.3, -0.25) is 0 Å². The Morgan fingerprint density at radius 1 is 0.321 bits per heavy atom. The highest BCUT2D eigenvalue weighted by Gasteiger charge is 2.20. The lowest BCUT2D eigenvalue weighted by molar-refractivity contribution is 0.669. The summed E-state index contributed by atoms with van der Waals surface area (Å²) in [5.74, 6) is 0. The van der Waals surface area contributed by atoms with Crippen LogP contribution in [-0.2, 0) is 0 Å². The molecule has 4 nitrogen and oxygen atoms in total. The van der Waals surface area contributed by atoms with E-state index in [1.54, 1.807) is 0 Å². The Morgan fingerprint density at radius 2 is 0.875 bits per heavy atom.